The molecule has 0 aliphatic carbocycles. The fourth-order valence-corrected chi connectivity index (χ4v) is 3.51. The van der Waals surface area contributed by atoms with Crippen LogP contribution in [0.5, 0.6) is 0 Å². The van der Waals surface area contributed by atoms with Crippen LogP contribution in [0.1, 0.15) is 40.0 Å². The van der Waals surface area contributed by atoms with E-state index in [-0.39, 0.29) is 11.5 Å². The molecule has 0 aromatic heterocycles. The first-order valence-corrected chi connectivity index (χ1v) is 7.85. The summed E-state index contributed by atoms with van der Waals surface area (Å²) in [6.07, 6.45) is 3.21. The van der Waals surface area contributed by atoms with Crippen molar-refractivity contribution in [3.05, 3.63) is 35.4 Å². The second-order valence-electron chi connectivity index (χ2n) is 6.14. The molecule has 5 nitrogen and oxygen atoms in total. The van der Waals surface area contributed by atoms with Gasteiger partial charge in [0.05, 0.1) is 5.56 Å². The van der Waals surface area contributed by atoms with Crippen LogP contribution in [0.4, 0.5) is 0 Å². The summed E-state index contributed by atoms with van der Waals surface area (Å²) in [5.41, 5.74) is 0.624. The number of carbonyl (C=O) groups excluding carboxylic acids is 1. The third-order valence-corrected chi connectivity index (χ3v) is 4.80. The Morgan fingerprint density at radius 3 is 2.55 bits per heavy atom. The van der Waals surface area contributed by atoms with E-state index in [0.29, 0.717) is 17.4 Å². The smallest absolute Gasteiger partial charge is 0.335 e. The molecule has 0 bridgehead atoms. The van der Waals surface area contributed by atoms with Crippen molar-refractivity contribution in [2.75, 3.05) is 26.3 Å². The highest BCUT2D eigenvalue weighted by Gasteiger charge is 2.33. The first-order chi connectivity index (χ1) is 10.6. The third kappa shape index (κ3) is 3.14. The highest BCUT2D eigenvalue weighted by atomic mass is 16.5. The van der Waals surface area contributed by atoms with Gasteiger partial charge in [-0.25, -0.2) is 4.79 Å². The highest BCUT2D eigenvalue weighted by molar-refractivity contribution is 5.97. The molecule has 0 spiro atoms. The Morgan fingerprint density at radius 1 is 1.09 bits per heavy atom. The van der Waals surface area contributed by atoms with Gasteiger partial charge in [0, 0.05) is 31.9 Å². The van der Waals surface area contributed by atoms with E-state index in [1.807, 2.05) is 4.90 Å². The van der Waals surface area contributed by atoms with Crippen LogP contribution in [0.15, 0.2) is 24.3 Å². The molecule has 5 heteroatoms. The summed E-state index contributed by atoms with van der Waals surface area (Å²) in [5.74, 6) is 0.140. The lowest BCUT2D eigenvalue weighted by Gasteiger charge is -2.27. The average molecular weight is 303 g/mol. The van der Waals surface area contributed by atoms with Crippen molar-refractivity contribution in [3.63, 3.8) is 0 Å². The summed E-state index contributed by atoms with van der Waals surface area (Å²) in [4.78, 5) is 25.4. The van der Waals surface area contributed by atoms with Crippen molar-refractivity contribution in [2.45, 2.75) is 19.3 Å². The molecule has 1 atom stereocenters. The van der Waals surface area contributed by atoms with Crippen molar-refractivity contribution in [3.8, 4) is 0 Å². The second-order valence-corrected chi connectivity index (χ2v) is 6.14. The quantitative estimate of drug-likeness (QED) is 0.930. The standard InChI is InChI=1S/C17H21NO4/c19-16(13-2-1-3-14(10-13)17(20)21)18-7-4-15(11-18)12-5-8-22-9-6-12/h1-3,10,12,15H,4-9,11H2,(H,20,21). The summed E-state index contributed by atoms with van der Waals surface area (Å²) >= 11 is 0. The van der Waals surface area contributed by atoms with Gasteiger partial charge in [-0.05, 0) is 49.3 Å². The normalized spacial score (nSPS) is 22.7. The Labute approximate surface area is 129 Å². The highest BCUT2D eigenvalue weighted by Crippen LogP contribution is 2.31. The van der Waals surface area contributed by atoms with Crippen molar-refractivity contribution < 1.29 is 19.4 Å². The number of amides is 1. The molecule has 2 fully saturated rings. The van der Waals surface area contributed by atoms with E-state index in [0.717, 1.165) is 45.6 Å². The molecule has 22 heavy (non-hydrogen) atoms. The van der Waals surface area contributed by atoms with E-state index in [1.54, 1.807) is 12.1 Å². The second kappa shape index (κ2) is 6.48. The average Bonchev–Trinajstić information content (AvgIpc) is 3.05. The summed E-state index contributed by atoms with van der Waals surface area (Å²) in [6, 6.07) is 6.29. The van der Waals surface area contributed by atoms with Gasteiger partial charge in [0.2, 0.25) is 0 Å². The minimum Gasteiger partial charge on any atom is -0.478 e. The minimum absolute atomic E-state index is 0.0577. The SMILES string of the molecule is O=C(O)c1cccc(C(=O)N2CCC(C3CCOCC3)C2)c1. The van der Waals surface area contributed by atoms with Crippen LogP contribution in [-0.2, 0) is 4.74 Å². The van der Waals surface area contributed by atoms with Crippen molar-refractivity contribution in [2.24, 2.45) is 11.8 Å². The lowest BCUT2D eigenvalue weighted by atomic mass is 9.85. The van der Waals surface area contributed by atoms with E-state index in [4.69, 9.17) is 9.84 Å². The minimum atomic E-state index is -1.00. The first-order valence-electron chi connectivity index (χ1n) is 7.85. The molecule has 3 rings (SSSR count). The van der Waals surface area contributed by atoms with Gasteiger partial charge in [-0.2, -0.15) is 0 Å². The van der Waals surface area contributed by atoms with E-state index in [9.17, 15) is 9.59 Å². The molecule has 2 heterocycles. The Kier molecular flexibility index (Phi) is 4.43. The molecule has 118 valence electrons. The topological polar surface area (TPSA) is 66.8 Å². The zero-order chi connectivity index (χ0) is 15.5. The molecule has 2 aliphatic heterocycles. The van der Waals surface area contributed by atoms with Crippen molar-refractivity contribution in [1.82, 2.24) is 4.90 Å². The van der Waals surface area contributed by atoms with Crippen molar-refractivity contribution >= 4 is 11.9 Å². The number of carboxylic acid groups (broad SMARTS) is 1. The molecular weight excluding hydrogens is 282 g/mol. The maximum Gasteiger partial charge on any atom is 0.335 e. The Balaban J connectivity index is 1.66. The van der Waals surface area contributed by atoms with Gasteiger partial charge in [-0.15, -0.1) is 0 Å². The molecule has 0 radical (unpaired) electrons. The first kappa shape index (κ1) is 15.0. The van der Waals surface area contributed by atoms with Gasteiger partial charge in [-0.1, -0.05) is 6.07 Å². The van der Waals surface area contributed by atoms with Crippen LogP contribution >= 0.6 is 0 Å². The van der Waals surface area contributed by atoms with Crippen LogP contribution in [0, 0.1) is 11.8 Å². The molecule has 2 saturated heterocycles. The van der Waals surface area contributed by atoms with Crippen LogP contribution in [0.25, 0.3) is 0 Å². The number of ether oxygens (including phenoxy) is 1. The number of likely N-dealkylation sites (tertiary alicyclic amines) is 1. The lowest BCUT2D eigenvalue weighted by molar-refractivity contribution is 0.0471. The molecular formula is C17H21NO4. The van der Waals surface area contributed by atoms with E-state index in [1.165, 1.54) is 12.1 Å². The number of benzene rings is 1. The number of aromatic carboxylic acids is 1. The number of carboxylic acids is 1. The molecule has 1 unspecified atom stereocenters. The predicted molar refractivity (Wildman–Crippen MR) is 81.0 cm³/mol. The fourth-order valence-electron chi connectivity index (χ4n) is 3.51. The fraction of sp³-hybridized carbons (Fsp3) is 0.529. The number of nitrogens with zero attached hydrogens (tertiary/aromatic N) is 1. The lowest BCUT2D eigenvalue weighted by Crippen LogP contribution is -2.31. The molecule has 1 aromatic rings. The largest absolute Gasteiger partial charge is 0.478 e. The zero-order valence-electron chi connectivity index (χ0n) is 12.5. The van der Waals surface area contributed by atoms with Gasteiger partial charge in [-0.3, -0.25) is 4.79 Å². The van der Waals surface area contributed by atoms with E-state index >= 15 is 0 Å². The maximum atomic E-state index is 12.6. The zero-order valence-corrected chi connectivity index (χ0v) is 12.5. The molecule has 1 aromatic carbocycles. The summed E-state index contributed by atoms with van der Waals surface area (Å²) < 4.78 is 5.40. The number of rotatable bonds is 3. The summed E-state index contributed by atoms with van der Waals surface area (Å²) in [6.45, 7) is 3.20. The number of hydrogen-bond acceptors (Lipinski definition) is 3. The number of carbonyl (C=O) groups is 2. The third-order valence-electron chi connectivity index (χ3n) is 4.80. The van der Waals surface area contributed by atoms with Crippen molar-refractivity contribution in [1.29, 1.82) is 0 Å². The van der Waals surface area contributed by atoms with Crippen LogP contribution in [-0.4, -0.2) is 48.2 Å². The van der Waals surface area contributed by atoms with Gasteiger partial charge in [0.25, 0.3) is 5.91 Å². The summed E-state index contributed by atoms with van der Waals surface area (Å²) in [5, 5.41) is 9.03. The monoisotopic (exact) mass is 303 g/mol. The molecule has 0 saturated carbocycles. The van der Waals surface area contributed by atoms with Crippen LogP contribution in [0.3, 0.4) is 0 Å². The summed E-state index contributed by atoms with van der Waals surface area (Å²) in [7, 11) is 0. The van der Waals surface area contributed by atoms with Gasteiger partial charge in [0.15, 0.2) is 0 Å². The number of hydrogen-bond donors (Lipinski definition) is 1. The van der Waals surface area contributed by atoms with Crippen LogP contribution in [0.2, 0.25) is 0 Å². The molecule has 1 N–H and O–H groups in total. The molecule has 2 aliphatic rings. The predicted octanol–water partition coefficient (Wildman–Crippen LogP) is 2.27. The van der Waals surface area contributed by atoms with Crippen LogP contribution < -0.4 is 0 Å². The Bertz CT molecular complexity index is 566. The van der Waals surface area contributed by atoms with E-state index in [2.05, 4.69) is 0 Å². The molecule has 1 amide bonds. The Hall–Kier alpha value is -1.88. The Morgan fingerprint density at radius 2 is 1.82 bits per heavy atom. The van der Waals surface area contributed by atoms with Gasteiger partial charge in [0.1, 0.15) is 0 Å². The van der Waals surface area contributed by atoms with E-state index < -0.39 is 5.97 Å². The van der Waals surface area contributed by atoms with Gasteiger partial charge >= 0.3 is 5.97 Å². The maximum absolute atomic E-state index is 12.6. The van der Waals surface area contributed by atoms with Gasteiger partial charge < -0.3 is 14.7 Å².